The van der Waals surface area contributed by atoms with Crippen LogP contribution in [0.2, 0.25) is 0 Å². The van der Waals surface area contributed by atoms with Gasteiger partial charge in [-0.15, -0.1) is 0 Å². The Morgan fingerprint density at radius 2 is 1.00 bits per heavy atom. The Kier molecular flexibility index (Phi) is 4.74. The molecule has 4 heteroatoms. The number of fused-ring (bicyclic) bond motifs is 1. The Morgan fingerprint density at radius 3 is 1.58 bits per heavy atom. The standard InChI is InChI=1S/C29H19N3O/c1-4-10-20(11-5-1)25-19-26(21-12-6-2-7-13-21)31-28(30-25)23-16-17-24-27(18-23)33-29(32-24)22-14-8-3-9-15-22/h1-19H. The molecule has 0 N–H and O–H groups in total. The summed E-state index contributed by atoms with van der Waals surface area (Å²) in [4.78, 5) is 14.4. The topological polar surface area (TPSA) is 51.8 Å². The number of rotatable bonds is 4. The minimum absolute atomic E-state index is 0.603. The van der Waals surface area contributed by atoms with Crippen LogP contribution in [-0.4, -0.2) is 15.0 Å². The van der Waals surface area contributed by atoms with Crippen LogP contribution in [0.4, 0.5) is 0 Å². The van der Waals surface area contributed by atoms with Gasteiger partial charge in [-0.3, -0.25) is 0 Å². The molecule has 0 aliphatic carbocycles. The summed E-state index contributed by atoms with van der Waals surface area (Å²) in [5.74, 6) is 1.25. The molecule has 0 amide bonds. The zero-order chi connectivity index (χ0) is 22.0. The number of nitrogens with zero attached hydrogens (tertiary/aromatic N) is 3. The molecule has 0 spiro atoms. The summed E-state index contributed by atoms with van der Waals surface area (Å²) < 4.78 is 6.08. The van der Waals surface area contributed by atoms with E-state index in [1.807, 2.05) is 91.0 Å². The zero-order valence-corrected chi connectivity index (χ0v) is 17.7. The smallest absolute Gasteiger partial charge is 0.227 e. The van der Waals surface area contributed by atoms with Crippen LogP contribution in [0.15, 0.2) is 120 Å². The molecule has 0 unspecified atom stereocenters. The monoisotopic (exact) mass is 425 g/mol. The van der Waals surface area contributed by atoms with E-state index < -0.39 is 0 Å². The Labute approximate surface area is 191 Å². The molecule has 4 nitrogen and oxygen atoms in total. The second-order valence-electron chi connectivity index (χ2n) is 7.76. The molecule has 0 aliphatic rings. The highest BCUT2D eigenvalue weighted by Gasteiger charge is 2.13. The molecular formula is C29H19N3O. The molecule has 0 atom stereocenters. The molecule has 33 heavy (non-hydrogen) atoms. The first kappa shape index (κ1) is 19.1. The van der Waals surface area contributed by atoms with Crippen LogP contribution in [-0.2, 0) is 0 Å². The van der Waals surface area contributed by atoms with Gasteiger partial charge >= 0.3 is 0 Å². The fraction of sp³-hybridized carbons (Fsp3) is 0. The van der Waals surface area contributed by atoms with Crippen molar-refractivity contribution in [2.45, 2.75) is 0 Å². The number of aromatic nitrogens is 3. The molecule has 0 bridgehead atoms. The normalized spacial score (nSPS) is 11.0. The van der Waals surface area contributed by atoms with Gasteiger partial charge in [0.25, 0.3) is 0 Å². The van der Waals surface area contributed by atoms with Crippen molar-refractivity contribution >= 4 is 11.1 Å². The first-order valence-electron chi connectivity index (χ1n) is 10.8. The van der Waals surface area contributed by atoms with Crippen molar-refractivity contribution in [1.82, 2.24) is 15.0 Å². The molecular weight excluding hydrogens is 406 g/mol. The van der Waals surface area contributed by atoms with E-state index in [0.29, 0.717) is 17.3 Å². The number of hydrogen-bond donors (Lipinski definition) is 0. The summed E-state index contributed by atoms with van der Waals surface area (Å²) in [6, 6.07) is 38.2. The van der Waals surface area contributed by atoms with Crippen LogP contribution in [0.3, 0.4) is 0 Å². The van der Waals surface area contributed by atoms with Crippen molar-refractivity contribution < 1.29 is 4.42 Å². The summed E-state index contributed by atoms with van der Waals surface area (Å²) in [5.41, 5.74) is 7.19. The average Bonchev–Trinajstić information content (AvgIpc) is 3.34. The maximum atomic E-state index is 6.08. The van der Waals surface area contributed by atoms with Crippen molar-refractivity contribution in [3.05, 3.63) is 115 Å². The van der Waals surface area contributed by atoms with Gasteiger partial charge in [0, 0.05) is 22.3 Å². The second kappa shape index (κ2) is 8.17. The fourth-order valence-electron chi connectivity index (χ4n) is 3.86. The van der Waals surface area contributed by atoms with Gasteiger partial charge in [0.05, 0.1) is 11.4 Å². The van der Waals surface area contributed by atoms with Gasteiger partial charge in [-0.05, 0) is 36.4 Å². The Morgan fingerprint density at radius 1 is 0.455 bits per heavy atom. The number of hydrogen-bond acceptors (Lipinski definition) is 4. The van der Waals surface area contributed by atoms with E-state index >= 15 is 0 Å². The van der Waals surface area contributed by atoms with Gasteiger partial charge < -0.3 is 4.42 Å². The maximum absolute atomic E-state index is 6.08. The van der Waals surface area contributed by atoms with E-state index in [4.69, 9.17) is 14.4 Å². The van der Waals surface area contributed by atoms with Gasteiger partial charge in [0.2, 0.25) is 5.89 Å². The van der Waals surface area contributed by atoms with Gasteiger partial charge in [0.15, 0.2) is 11.4 Å². The highest BCUT2D eigenvalue weighted by molar-refractivity contribution is 5.82. The first-order chi connectivity index (χ1) is 16.3. The second-order valence-corrected chi connectivity index (χ2v) is 7.76. The summed E-state index contributed by atoms with van der Waals surface area (Å²) in [5, 5.41) is 0. The lowest BCUT2D eigenvalue weighted by molar-refractivity contribution is 0.620. The number of oxazole rings is 1. The molecule has 0 saturated carbocycles. The van der Waals surface area contributed by atoms with Gasteiger partial charge in [-0.1, -0.05) is 78.9 Å². The third kappa shape index (κ3) is 3.79. The van der Waals surface area contributed by atoms with Gasteiger partial charge in [-0.2, -0.15) is 0 Å². The van der Waals surface area contributed by atoms with Crippen LogP contribution in [0.1, 0.15) is 0 Å². The lowest BCUT2D eigenvalue weighted by Gasteiger charge is -2.09. The lowest BCUT2D eigenvalue weighted by Crippen LogP contribution is -1.95. The lowest BCUT2D eigenvalue weighted by atomic mass is 10.1. The fourth-order valence-corrected chi connectivity index (χ4v) is 3.86. The van der Waals surface area contributed by atoms with Crippen molar-refractivity contribution in [1.29, 1.82) is 0 Å². The molecule has 2 aromatic heterocycles. The molecule has 6 aromatic rings. The SMILES string of the molecule is c1ccc(-c2cc(-c3ccccc3)nc(-c3ccc4nc(-c5ccccc5)oc4c3)n2)cc1. The van der Waals surface area contributed by atoms with Crippen LogP contribution >= 0.6 is 0 Å². The molecule has 156 valence electrons. The predicted molar refractivity (Wildman–Crippen MR) is 131 cm³/mol. The Balaban J connectivity index is 1.49. The Hall–Kier alpha value is -4.57. The summed E-state index contributed by atoms with van der Waals surface area (Å²) in [6.45, 7) is 0. The maximum Gasteiger partial charge on any atom is 0.227 e. The van der Waals surface area contributed by atoms with Gasteiger partial charge in [-0.25, -0.2) is 15.0 Å². The molecule has 0 fully saturated rings. The van der Waals surface area contributed by atoms with Crippen LogP contribution in [0.5, 0.6) is 0 Å². The third-order valence-electron chi connectivity index (χ3n) is 5.53. The highest BCUT2D eigenvalue weighted by Crippen LogP contribution is 2.30. The van der Waals surface area contributed by atoms with Crippen molar-refractivity contribution in [2.75, 3.05) is 0 Å². The number of benzene rings is 4. The Bertz CT molecular complexity index is 1480. The molecule has 2 heterocycles. The van der Waals surface area contributed by atoms with E-state index in [0.717, 1.165) is 39.2 Å². The minimum Gasteiger partial charge on any atom is -0.436 e. The summed E-state index contributed by atoms with van der Waals surface area (Å²) >= 11 is 0. The highest BCUT2D eigenvalue weighted by atomic mass is 16.3. The summed E-state index contributed by atoms with van der Waals surface area (Å²) in [7, 11) is 0. The van der Waals surface area contributed by atoms with E-state index in [1.54, 1.807) is 0 Å². The van der Waals surface area contributed by atoms with Crippen LogP contribution < -0.4 is 0 Å². The predicted octanol–water partition coefficient (Wildman–Crippen LogP) is 7.29. The molecule has 0 saturated heterocycles. The molecule has 4 aromatic carbocycles. The molecule has 0 radical (unpaired) electrons. The van der Waals surface area contributed by atoms with E-state index in [-0.39, 0.29) is 0 Å². The van der Waals surface area contributed by atoms with Crippen molar-refractivity contribution in [2.24, 2.45) is 0 Å². The van der Waals surface area contributed by atoms with Crippen molar-refractivity contribution in [3.63, 3.8) is 0 Å². The zero-order valence-electron chi connectivity index (χ0n) is 17.7. The van der Waals surface area contributed by atoms with E-state index in [9.17, 15) is 0 Å². The van der Waals surface area contributed by atoms with Crippen LogP contribution in [0.25, 0.3) is 56.5 Å². The molecule has 0 aliphatic heterocycles. The van der Waals surface area contributed by atoms with Crippen LogP contribution in [0, 0.1) is 0 Å². The largest absolute Gasteiger partial charge is 0.436 e. The quantitative estimate of drug-likeness (QED) is 0.298. The average molecular weight is 425 g/mol. The van der Waals surface area contributed by atoms with E-state index in [1.165, 1.54) is 0 Å². The summed E-state index contributed by atoms with van der Waals surface area (Å²) in [6.07, 6.45) is 0. The van der Waals surface area contributed by atoms with Gasteiger partial charge in [0.1, 0.15) is 5.52 Å². The van der Waals surface area contributed by atoms with E-state index in [2.05, 4.69) is 29.2 Å². The first-order valence-corrected chi connectivity index (χ1v) is 10.8. The third-order valence-corrected chi connectivity index (χ3v) is 5.53. The molecule has 6 rings (SSSR count). The minimum atomic E-state index is 0.603. The van der Waals surface area contributed by atoms with Crippen molar-refractivity contribution in [3.8, 4) is 45.4 Å².